The van der Waals surface area contributed by atoms with Gasteiger partial charge in [-0.15, -0.1) is 0 Å². The van der Waals surface area contributed by atoms with E-state index in [-0.39, 0.29) is 24.1 Å². The summed E-state index contributed by atoms with van der Waals surface area (Å²) in [4.78, 5) is 27.2. The molecule has 0 saturated carbocycles. The van der Waals surface area contributed by atoms with Gasteiger partial charge in [-0.25, -0.2) is 0 Å². The number of aromatic nitrogens is 1. The maximum atomic E-state index is 13.2. The van der Waals surface area contributed by atoms with Gasteiger partial charge in [0, 0.05) is 7.11 Å². The Morgan fingerprint density at radius 2 is 1.74 bits per heavy atom. The van der Waals surface area contributed by atoms with Gasteiger partial charge in [0.15, 0.2) is 0 Å². The number of amides is 1. The van der Waals surface area contributed by atoms with E-state index in [1.54, 1.807) is 16.6 Å². The van der Waals surface area contributed by atoms with Crippen molar-refractivity contribution in [2.24, 2.45) is 0 Å². The Labute approximate surface area is 162 Å². The normalized spacial score (nSPS) is 11.1. The van der Waals surface area contributed by atoms with Gasteiger partial charge in [-0.05, 0) is 36.1 Å². The second kappa shape index (κ2) is 8.50. The Hall–Kier alpha value is -2.44. The van der Waals surface area contributed by atoms with Crippen LogP contribution in [0.15, 0.2) is 47.3 Å². The highest BCUT2D eigenvalue weighted by atomic mass is 32.1. The number of rotatable bonds is 7. The number of carbonyl (C=O) groups is 1. The predicted molar refractivity (Wildman–Crippen MR) is 111 cm³/mol. The zero-order chi connectivity index (χ0) is 19.4. The molecule has 27 heavy (non-hydrogen) atoms. The molecule has 5 nitrogen and oxygen atoms in total. The van der Waals surface area contributed by atoms with Crippen molar-refractivity contribution in [2.75, 3.05) is 18.7 Å². The third-order valence-electron chi connectivity index (χ3n) is 4.66. The number of aryl methyl sites for hydroxylation is 2. The minimum Gasteiger partial charge on any atom is -0.364 e. The van der Waals surface area contributed by atoms with E-state index in [1.165, 1.54) is 0 Å². The van der Waals surface area contributed by atoms with Crippen molar-refractivity contribution in [2.45, 2.75) is 33.2 Å². The predicted octanol–water partition coefficient (Wildman–Crippen LogP) is 3.82. The number of nitrogens with zero attached hydrogens (tertiary/aromatic N) is 2. The smallest absolute Gasteiger partial charge is 0.308 e. The van der Waals surface area contributed by atoms with Crippen LogP contribution in [0.5, 0.6) is 0 Å². The van der Waals surface area contributed by atoms with Gasteiger partial charge in [-0.2, -0.15) is 0 Å². The van der Waals surface area contributed by atoms with Gasteiger partial charge >= 0.3 is 4.87 Å². The van der Waals surface area contributed by atoms with Crippen LogP contribution in [0.25, 0.3) is 10.2 Å². The van der Waals surface area contributed by atoms with Crippen molar-refractivity contribution < 1.29 is 9.53 Å². The fourth-order valence-corrected chi connectivity index (χ4v) is 4.23. The minimum atomic E-state index is -0.155. The SMILES string of the molecule is CCc1cccc(CC)c1N(COC)C(=O)Cn1c(=O)sc2ccccc21. The topological polar surface area (TPSA) is 51.5 Å². The molecule has 2 aromatic carbocycles. The maximum Gasteiger partial charge on any atom is 0.308 e. The van der Waals surface area contributed by atoms with E-state index >= 15 is 0 Å². The molecule has 1 heterocycles. The summed E-state index contributed by atoms with van der Waals surface area (Å²) >= 11 is 1.16. The van der Waals surface area contributed by atoms with Crippen LogP contribution in [0.2, 0.25) is 0 Å². The first-order valence-corrected chi connectivity index (χ1v) is 9.90. The van der Waals surface area contributed by atoms with Crippen molar-refractivity contribution in [1.29, 1.82) is 0 Å². The molecule has 0 radical (unpaired) electrons. The van der Waals surface area contributed by atoms with Crippen molar-refractivity contribution in [1.82, 2.24) is 4.57 Å². The molecule has 0 unspecified atom stereocenters. The number of ether oxygens (including phenoxy) is 1. The number of hydrogen-bond donors (Lipinski definition) is 0. The second-order valence-corrected chi connectivity index (χ2v) is 7.29. The van der Waals surface area contributed by atoms with E-state index in [9.17, 15) is 9.59 Å². The van der Waals surface area contributed by atoms with Crippen molar-refractivity contribution in [3.63, 3.8) is 0 Å². The van der Waals surface area contributed by atoms with Crippen LogP contribution in [0.4, 0.5) is 5.69 Å². The molecule has 0 aliphatic carbocycles. The first kappa shape index (κ1) is 19.3. The maximum absolute atomic E-state index is 13.2. The number of fused-ring (bicyclic) bond motifs is 1. The molecule has 3 rings (SSSR count). The van der Waals surface area contributed by atoms with Gasteiger partial charge in [-0.3, -0.25) is 19.1 Å². The number of methoxy groups -OCH3 is 1. The van der Waals surface area contributed by atoms with E-state index in [1.807, 2.05) is 42.5 Å². The molecule has 1 aromatic heterocycles. The molecular formula is C21H24N2O3S. The molecule has 0 atom stereocenters. The third-order valence-corrected chi connectivity index (χ3v) is 5.62. The lowest BCUT2D eigenvalue weighted by molar-refractivity contribution is -0.120. The zero-order valence-electron chi connectivity index (χ0n) is 15.9. The number of para-hydroxylation sites is 2. The standard InChI is InChI=1S/C21H24N2O3S/c1-4-15-9-8-10-16(5-2)20(15)23(14-26-3)19(24)13-22-17-11-6-7-12-18(17)27-21(22)25/h6-12H,4-5,13-14H2,1-3H3. The van der Waals surface area contributed by atoms with E-state index in [0.29, 0.717) is 0 Å². The van der Waals surface area contributed by atoms with E-state index in [0.717, 1.165) is 51.2 Å². The Morgan fingerprint density at radius 3 is 2.37 bits per heavy atom. The fourth-order valence-electron chi connectivity index (χ4n) is 3.34. The molecule has 6 heteroatoms. The summed E-state index contributed by atoms with van der Waals surface area (Å²) in [5, 5.41) is 0. The minimum absolute atomic E-state index is 0.00654. The summed E-state index contributed by atoms with van der Waals surface area (Å²) in [5.41, 5.74) is 3.89. The lowest BCUT2D eigenvalue weighted by atomic mass is 10.0. The van der Waals surface area contributed by atoms with Gasteiger partial charge in [0.1, 0.15) is 13.3 Å². The average molecular weight is 385 g/mol. The first-order valence-electron chi connectivity index (χ1n) is 9.09. The van der Waals surface area contributed by atoms with Crippen molar-refractivity contribution in [3.8, 4) is 0 Å². The largest absolute Gasteiger partial charge is 0.364 e. The van der Waals surface area contributed by atoms with Crippen LogP contribution in [-0.4, -0.2) is 24.3 Å². The summed E-state index contributed by atoms with van der Waals surface area (Å²) in [5.74, 6) is -0.155. The highest BCUT2D eigenvalue weighted by Gasteiger charge is 2.22. The van der Waals surface area contributed by atoms with Crippen molar-refractivity contribution >= 4 is 33.1 Å². The first-order chi connectivity index (χ1) is 13.1. The van der Waals surface area contributed by atoms with Gasteiger partial charge < -0.3 is 4.74 Å². The van der Waals surface area contributed by atoms with E-state index < -0.39 is 0 Å². The lowest BCUT2D eigenvalue weighted by Gasteiger charge is -2.27. The summed E-state index contributed by atoms with van der Waals surface area (Å²) in [6, 6.07) is 13.6. The monoisotopic (exact) mass is 384 g/mol. The lowest BCUT2D eigenvalue weighted by Crippen LogP contribution is -2.38. The van der Waals surface area contributed by atoms with Crippen molar-refractivity contribution in [3.05, 3.63) is 63.3 Å². The van der Waals surface area contributed by atoms with Crippen LogP contribution in [-0.2, 0) is 28.9 Å². The van der Waals surface area contributed by atoms with Gasteiger partial charge in [0.05, 0.1) is 15.9 Å². The molecule has 0 saturated heterocycles. The molecule has 0 spiro atoms. The van der Waals surface area contributed by atoms with E-state index in [4.69, 9.17) is 4.74 Å². The zero-order valence-corrected chi connectivity index (χ0v) is 16.7. The van der Waals surface area contributed by atoms with Crippen LogP contribution >= 0.6 is 11.3 Å². The summed E-state index contributed by atoms with van der Waals surface area (Å²) in [6.07, 6.45) is 1.63. The second-order valence-electron chi connectivity index (χ2n) is 6.29. The fraction of sp³-hybridized carbons (Fsp3) is 0.333. The highest BCUT2D eigenvalue weighted by Crippen LogP contribution is 2.28. The Bertz CT molecular complexity index is 984. The van der Waals surface area contributed by atoms with Crippen LogP contribution in [0.1, 0.15) is 25.0 Å². The van der Waals surface area contributed by atoms with E-state index in [2.05, 4.69) is 13.8 Å². The molecule has 1 amide bonds. The van der Waals surface area contributed by atoms with Crippen LogP contribution in [0.3, 0.4) is 0 Å². The molecule has 3 aromatic rings. The van der Waals surface area contributed by atoms with Crippen LogP contribution < -0.4 is 9.77 Å². The quantitative estimate of drug-likeness (QED) is 0.582. The number of thiazole rings is 1. The van der Waals surface area contributed by atoms with Gasteiger partial charge in [0.25, 0.3) is 0 Å². The summed E-state index contributed by atoms with van der Waals surface area (Å²) in [6.45, 7) is 4.29. The number of benzene rings is 2. The number of anilines is 1. The Balaban J connectivity index is 2.02. The molecule has 0 fully saturated rings. The van der Waals surface area contributed by atoms with Gasteiger partial charge in [0.2, 0.25) is 5.91 Å². The average Bonchev–Trinajstić information content (AvgIpc) is 3.00. The van der Waals surface area contributed by atoms with Crippen LogP contribution in [0, 0.1) is 0 Å². The number of hydrogen-bond acceptors (Lipinski definition) is 4. The molecule has 0 aliphatic heterocycles. The highest BCUT2D eigenvalue weighted by molar-refractivity contribution is 7.16. The Kier molecular flexibility index (Phi) is 6.08. The molecule has 0 N–H and O–H groups in total. The Morgan fingerprint density at radius 1 is 1.07 bits per heavy atom. The molecule has 0 aliphatic rings. The third kappa shape index (κ3) is 3.82. The summed E-state index contributed by atoms with van der Waals surface area (Å²) in [7, 11) is 1.58. The molecular weight excluding hydrogens is 360 g/mol. The summed E-state index contributed by atoms with van der Waals surface area (Å²) < 4.78 is 7.77. The number of carbonyl (C=O) groups excluding carboxylic acids is 1. The molecule has 0 bridgehead atoms. The van der Waals surface area contributed by atoms with Gasteiger partial charge in [-0.1, -0.05) is 55.5 Å². The molecule has 142 valence electrons.